The Hall–Kier alpha value is -1.29. The highest BCUT2D eigenvalue weighted by Gasteiger charge is 2.13. The Morgan fingerprint density at radius 3 is 2.67 bits per heavy atom. The van der Waals surface area contributed by atoms with Gasteiger partial charge in [-0.3, -0.25) is 4.90 Å². The second kappa shape index (κ2) is 7.64. The molecule has 1 N–H and O–H groups in total. The van der Waals surface area contributed by atoms with Crippen LogP contribution in [0.1, 0.15) is 36.8 Å². The van der Waals surface area contributed by atoms with Gasteiger partial charge in [-0.25, -0.2) is 0 Å². The molecule has 0 saturated carbocycles. The molecule has 4 heteroatoms. The minimum atomic E-state index is 0.310. The molecule has 0 fully saturated rings. The molecule has 0 aliphatic carbocycles. The van der Waals surface area contributed by atoms with Crippen LogP contribution in [0, 0.1) is 0 Å². The van der Waals surface area contributed by atoms with E-state index in [1.165, 1.54) is 11.1 Å². The van der Waals surface area contributed by atoms with Crippen molar-refractivity contribution in [3.63, 3.8) is 0 Å². The maximum Gasteiger partial charge on any atom is 0.118 e. The Kier molecular flexibility index (Phi) is 5.85. The predicted octanol–water partition coefficient (Wildman–Crippen LogP) is 4.24. The highest BCUT2D eigenvalue weighted by atomic mass is 35.5. The number of nitrogens with one attached hydrogen (secondary N) is 1. The van der Waals surface area contributed by atoms with Crippen LogP contribution < -0.4 is 5.32 Å². The van der Waals surface area contributed by atoms with Gasteiger partial charge in [-0.15, -0.1) is 0 Å². The van der Waals surface area contributed by atoms with E-state index in [9.17, 15) is 0 Å². The third-order valence-corrected chi connectivity index (χ3v) is 3.96. The molecule has 1 unspecified atom stereocenters. The van der Waals surface area contributed by atoms with Crippen molar-refractivity contribution in [3.8, 4) is 0 Å². The number of benzene rings is 1. The number of hydrogen-bond acceptors (Lipinski definition) is 3. The van der Waals surface area contributed by atoms with Gasteiger partial charge in [-0.1, -0.05) is 30.7 Å². The van der Waals surface area contributed by atoms with Crippen molar-refractivity contribution in [2.45, 2.75) is 33.0 Å². The van der Waals surface area contributed by atoms with Gasteiger partial charge < -0.3 is 9.73 Å². The van der Waals surface area contributed by atoms with Gasteiger partial charge in [0.2, 0.25) is 0 Å². The average molecular weight is 307 g/mol. The molecule has 3 nitrogen and oxygen atoms in total. The number of furan rings is 1. The van der Waals surface area contributed by atoms with Crippen LogP contribution >= 0.6 is 11.6 Å². The van der Waals surface area contributed by atoms with Crippen LogP contribution in [0.25, 0.3) is 0 Å². The molecule has 0 saturated heterocycles. The molecule has 1 aromatic carbocycles. The Bertz CT molecular complexity index is 550. The van der Waals surface area contributed by atoms with Crippen LogP contribution in [-0.2, 0) is 13.1 Å². The van der Waals surface area contributed by atoms with E-state index in [1.54, 1.807) is 0 Å². The lowest BCUT2D eigenvalue weighted by Crippen LogP contribution is -2.21. The van der Waals surface area contributed by atoms with Crippen LogP contribution in [-0.4, -0.2) is 18.5 Å². The average Bonchev–Trinajstić information content (AvgIpc) is 2.92. The van der Waals surface area contributed by atoms with E-state index in [0.717, 1.165) is 30.4 Å². The van der Waals surface area contributed by atoms with Gasteiger partial charge in [0, 0.05) is 23.2 Å². The molecule has 0 aliphatic rings. The third-order valence-electron chi connectivity index (χ3n) is 3.71. The molecule has 1 aromatic heterocycles. The van der Waals surface area contributed by atoms with E-state index in [-0.39, 0.29) is 0 Å². The van der Waals surface area contributed by atoms with Gasteiger partial charge in [-0.05, 0) is 44.3 Å². The summed E-state index contributed by atoms with van der Waals surface area (Å²) in [6.45, 7) is 6.90. The topological polar surface area (TPSA) is 28.4 Å². The number of hydrogen-bond donors (Lipinski definition) is 1. The molecule has 2 rings (SSSR count). The van der Waals surface area contributed by atoms with E-state index in [0.29, 0.717) is 6.04 Å². The number of rotatable bonds is 7. The third kappa shape index (κ3) is 4.60. The molecule has 0 aliphatic heterocycles. The van der Waals surface area contributed by atoms with E-state index >= 15 is 0 Å². The van der Waals surface area contributed by atoms with Gasteiger partial charge in [-0.2, -0.15) is 0 Å². The minimum absolute atomic E-state index is 0.310. The summed E-state index contributed by atoms with van der Waals surface area (Å²) in [5.74, 6) is 0.992. The van der Waals surface area contributed by atoms with Gasteiger partial charge >= 0.3 is 0 Å². The standard InChI is InChI=1S/C17H23ClN2O/c1-4-19-10-14-9-17(21-12-14)11-20(3)13(2)15-5-7-16(18)8-6-15/h5-9,12-13,19H,4,10-11H2,1-3H3. The molecule has 0 bridgehead atoms. The first kappa shape index (κ1) is 16.1. The number of halogens is 1. The number of nitrogens with zero attached hydrogens (tertiary/aromatic N) is 1. The summed E-state index contributed by atoms with van der Waals surface area (Å²) in [6.07, 6.45) is 1.83. The van der Waals surface area contributed by atoms with E-state index in [2.05, 4.69) is 49.3 Å². The highest BCUT2D eigenvalue weighted by molar-refractivity contribution is 6.30. The van der Waals surface area contributed by atoms with Crippen LogP contribution in [0.4, 0.5) is 0 Å². The zero-order valence-corrected chi connectivity index (χ0v) is 13.7. The van der Waals surface area contributed by atoms with E-state index < -0.39 is 0 Å². The highest BCUT2D eigenvalue weighted by Crippen LogP contribution is 2.22. The van der Waals surface area contributed by atoms with Crippen molar-refractivity contribution < 1.29 is 4.42 Å². The molecule has 21 heavy (non-hydrogen) atoms. The summed E-state index contributed by atoms with van der Waals surface area (Å²) < 4.78 is 5.63. The first-order valence-electron chi connectivity index (χ1n) is 7.33. The molecule has 2 aromatic rings. The van der Waals surface area contributed by atoms with E-state index in [4.69, 9.17) is 16.0 Å². The second-order valence-corrected chi connectivity index (χ2v) is 5.78. The molecule has 114 valence electrons. The van der Waals surface area contributed by atoms with Gasteiger partial charge in [0.05, 0.1) is 12.8 Å². The summed E-state index contributed by atoms with van der Waals surface area (Å²) in [6, 6.07) is 10.4. The predicted molar refractivity (Wildman–Crippen MR) is 87.4 cm³/mol. The van der Waals surface area contributed by atoms with Crippen molar-refractivity contribution in [1.29, 1.82) is 0 Å². The first-order chi connectivity index (χ1) is 10.1. The minimum Gasteiger partial charge on any atom is -0.468 e. The first-order valence-corrected chi connectivity index (χ1v) is 7.70. The van der Waals surface area contributed by atoms with Crippen molar-refractivity contribution in [2.24, 2.45) is 0 Å². The monoisotopic (exact) mass is 306 g/mol. The summed E-state index contributed by atoms with van der Waals surface area (Å²) in [5, 5.41) is 4.07. The lowest BCUT2D eigenvalue weighted by atomic mass is 10.1. The summed E-state index contributed by atoms with van der Waals surface area (Å²) in [5.41, 5.74) is 2.45. The fraction of sp³-hybridized carbons (Fsp3) is 0.412. The molecule has 0 amide bonds. The van der Waals surface area contributed by atoms with Crippen molar-refractivity contribution in [1.82, 2.24) is 10.2 Å². The van der Waals surface area contributed by atoms with Gasteiger partial charge in [0.1, 0.15) is 5.76 Å². The van der Waals surface area contributed by atoms with Crippen molar-refractivity contribution >= 4 is 11.6 Å². The maximum atomic E-state index is 5.94. The largest absolute Gasteiger partial charge is 0.468 e. The summed E-state index contributed by atoms with van der Waals surface area (Å²) in [4.78, 5) is 2.26. The molecule has 0 radical (unpaired) electrons. The Balaban J connectivity index is 1.95. The molecule has 1 atom stereocenters. The van der Waals surface area contributed by atoms with Crippen LogP contribution in [0.5, 0.6) is 0 Å². The van der Waals surface area contributed by atoms with Crippen LogP contribution in [0.2, 0.25) is 5.02 Å². The zero-order valence-electron chi connectivity index (χ0n) is 12.9. The Morgan fingerprint density at radius 2 is 2.00 bits per heavy atom. The fourth-order valence-electron chi connectivity index (χ4n) is 2.25. The quantitative estimate of drug-likeness (QED) is 0.829. The second-order valence-electron chi connectivity index (χ2n) is 5.34. The van der Waals surface area contributed by atoms with E-state index in [1.807, 2.05) is 18.4 Å². The molecular formula is C17H23ClN2O. The van der Waals surface area contributed by atoms with Gasteiger partial charge in [0.15, 0.2) is 0 Å². The SMILES string of the molecule is CCNCc1coc(CN(C)C(C)c2ccc(Cl)cc2)c1. The lowest BCUT2D eigenvalue weighted by Gasteiger charge is -2.24. The molecule has 1 heterocycles. The van der Waals surface area contributed by atoms with Gasteiger partial charge in [0.25, 0.3) is 0 Å². The summed E-state index contributed by atoms with van der Waals surface area (Å²) in [7, 11) is 2.10. The molecule has 0 spiro atoms. The smallest absolute Gasteiger partial charge is 0.118 e. The Labute approximate surface area is 131 Å². The lowest BCUT2D eigenvalue weighted by molar-refractivity contribution is 0.232. The molecular weight excluding hydrogens is 284 g/mol. The zero-order chi connectivity index (χ0) is 15.2. The van der Waals surface area contributed by atoms with Crippen LogP contribution in [0.3, 0.4) is 0 Å². The van der Waals surface area contributed by atoms with Crippen molar-refractivity contribution in [3.05, 3.63) is 58.5 Å². The summed E-state index contributed by atoms with van der Waals surface area (Å²) >= 11 is 5.94. The maximum absolute atomic E-state index is 5.94. The van der Waals surface area contributed by atoms with Crippen LogP contribution in [0.15, 0.2) is 41.0 Å². The fourth-order valence-corrected chi connectivity index (χ4v) is 2.38. The normalized spacial score (nSPS) is 12.8. The Morgan fingerprint density at radius 1 is 1.29 bits per heavy atom. The van der Waals surface area contributed by atoms with Crippen molar-refractivity contribution in [2.75, 3.05) is 13.6 Å².